The van der Waals surface area contributed by atoms with Gasteiger partial charge in [0.2, 0.25) is 0 Å². The molecule has 0 saturated heterocycles. The Kier molecular flexibility index (Phi) is 9.31. The van der Waals surface area contributed by atoms with E-state index in [2.05, 4.69) is 4.90 Å². The molecule has 0 fully saturated rings. The number of hydrogen-bond acceptors (Lipinski definition) is 4. The number of imide groups is 1. The van der Waals surface area contributed by atoms with E-state index in [1.165, 1.54) is 12.1 Å². The van der Waals surface area contributed by atoms with Gasteiger partial charge in [0.15, 0.2) is 0 Å². The summed E-state index contributed by atoms with van der Waals surface area (Å²) in [6, 6.07) is 8.07. The Morgan fingerprint density at radius 3 is 2.30 bits per heavy atom. The summed E-state index contributed by atoms with van der Waals surface area (Å²) in [6.07, 6.45) is -4.64. The Hall–Kier alpha value is -2.58. The van der Waals surface area contributed by atoms with Gasteiger partial charge in [-0.15, -0.1) is 0 Å². The number of alkyl halides is 3. The number of likely N-dealkylation sites (N-methyl/N-ethyl adjacent to an activating group) is 1. The smallest absolute Gasteiger partial charge is 0.417 e. The van der Waals surface area contributed by atoms with Gasteiger partial charge in [-0.3, -0.25) is 14.5 Å². The van der Waals surface area contributed by atoms with Crippen molar-refractivity contribution in [3.05, 3.63) is 63.7 Å². The Balaban J connectivity index is 0.00000187. The zero-order chi connectivity index (χ0) is 24.8. The minimum absolute atomic E-state index is 0.136. The number of ether oxygens (including phenoxy) is 1. The number of carbonyl (C=O) groups excluding carboxylic acids is 2. The van der Waals surface area contributed by atoms with E-state index in [0.717, 1.165) is 30.1 Å². The number of fused-ring (bicyclic) bond motifs is 1. The number of nitrogens with zero attached hydrogens (tertiary/aromatic N) is 2. The van der Waals surface area contributed by atoms with Gasteiger partial charge in [0, 0.05) is 6.54 Å². The SMILES string of the molecule is CC.CCN(CC)CCOc1cccc2c1C(=O)N(Cc1ccc(Cl)c(C(F)(F)F)c1)C2=O. The highest BCUT2D eigenvalue weighted by molar-refractivity contribution is 6.31. The van der Waals surface area contributed by atoms with Crippen molar-refractivity contribution in [3.63, 3.8) is 0 Å². The summed E-state index contributed by atoms with van der Waals surface area (Å²) in [5.74, 6) is -0.878. The molecule has 1 heterocycles. The molecule has 0 unspecified atom stereocenters. The molecule has 0 aromatic heterocycles. The molecule has 0 N–H and O–H groups in total. The van der Waals surface area contributed by atoms with E-state index < -0.39 is 28.6 Å². The molecule has 0 aliphatic carbocycles. The van der Waals surface area contributed by atoms with Gasteiger partial charge in [-0.05, 0) is 42.9 Å². The van der Waals surface area contributed by atoms with Crippen LogP contribution in [0, 0.1) is 0 Å². The fourth-order valence-corrected chi connectivity index (χ4v) is 3.69. The molecule has 0 bridgehead atoms. The first-order valence-electron chi connectivity index (χ1n) is 10.9. The topological polar surface area (TPSA) is 49.9 Å². The summed E-state index contributed by atoms with van der Waals surface area (Å²) in [7, 11) is 0. The quantitative estimate of drug-likeness (QED) is 0.437. The third kappa shape index (κ3) is 6.06. The van der Waals surface area contributed by atoms with E-state index in [0.29, 0.717) is 13.2 Å². The molecule has 2 aromatic rings. The third-order valence-electron chi connectivity index (χ3n) is 5.20. The lowest BCUT2D eigenvalue weighted by Crippen LogP contribution is -2.29. The Bertz CT molecular complexity index is 991. The number of rotatable bonds is 8. The fourth-order valence-electron chi connectivity index (χ4n) is 3.46. The van der Waals surface area contributed by atoms with Crippen LogP contribution in [0.3, 0.4) is 0 Å². The Labute approximate surface area is 197 Å². The molecule has 2 amide bonds. The maximum Gasteiger partial charge on any atom is 0.417 e. The minimum Gasteiger partial charge on any atom is -0.491 e. The van der Waals surface area contributed by atoms with Gasteiger partial charge in [0.05, 0.1) is 28.3 Å². The molecule has 0 saturated carbocycles. The zero-order valence-electron chi connectivity index (χ0n) is 19.1. The van der Waals surface area contributed by atoms with Gasteiger partial charge in [-0.25, -0.2) is 0 Å². The van der Waals surface area contributed by atoms with Crippen LogP contribution in [0.2, 0.25) is 5.02 Å². The van der Waals surface area contributed by atoms with Crippen LogP contribution in [-0.2, 0) is 12.7 Å². The van der Waals surface area contributed by atoms with Gasteiger partial charge in [-0.1, -0.05) is 51.4 Å². The molecule has 5 nitrogen and oxygen atoms in total. The number of hydrogen-bond donors (Lipinski definition) is 0. The molecule has 0 spiro atoms. The molecular formula is C24H28ClF3N2O3. The number of amides is 2. The molecule has 0 radical (unpaired) electrons. The average Bonchev–Trinajstić information content (AvgIpc) is 3.04. The molecule has 1 aliphatic heterocycles. The largest absolute Gasteiger partial charge is 0.491 e. The average molecular weight is 485 g/mol. The molecule has 2 aromatic carbocycles. The van der Waals surface area contributed by atoms with Crippen LogP contribution >= 0.6 is 11.6 Å². The first-order chi connectivity index (χ1) is 15.7. The van der Waals surface area contributed by atoms with Crippen molar-refractivity contribution in [2.75, 3.05) is 26.2 Å². The van der Waals surface area contributed by atoms with E-state index in [-0.39, 0.29) is 29.0 Å². The van der Waals surface area contributed by atoms with Crippen LogP contribution in [0.15, 0.2) is 36.4 Å². The molecule has 3 rings (SSSR count). The standard InChI is InChI=1S/C22H22ClF3N2O3.C2H6/c1-3-27(4-2)10-11-31-18-7-5-6-15-19(18)21(30)28(20(15)29)13-14-8-9-17(23)16(12-14)22(24,25)26;1-2/h5-9,12H,3-4,10-11,13H2,1-2H3;1-2H3. The summed E-state index contributed by atoms with van der Waals surface area (Å²) < 4.78 is 45.2. The van der Waals surface area contributed by atoms with Gasteiger partial charge in [0.1, 0.15) is 12.4 Å². The molecule has 180 valence electrons. The lowest BCUT2D eigenvalue weighted by molar-refractivity contribution is -0.137. The summed E-state index contributed by atoms with van der Waals surface area (Å²) in [5.41, 5.74) is -0.550. The molecular weight excluding hydrogens is 457 g/mol. The fraction of sp³-hybridized carbons (Fsp3) is 0.417. The predicted molar refractivity (Wildman–Crippen MR) is 122 cm³/mol. The second-order valence-electron chi connectivity index (χ2n) is 7.06. The number of carbonyl (C=O) groups is 2. The van der Waals surface area contributed by atoms with Crippen LogP contribution in [0.25, 0.3) is 0 Å². The lowest BCUT2D eigenvalue weighted by atomic mass is 10.1. The zero-order valence-corrected chi connectivity index (χ0v) is 19.9. The van der Waals surface area contributed by atoms with Crippen molar-refractivity contribution in [1.29, 1.82) is 0 Å². The Morgan fingerprint density at radius 2 is 1.70 bits per heavy atom. The summed E-state index contributed by atoms with van der Waals surface area (Å²) in [4.78, 5) is 28.8. The molecule has 0 atom stereocenters. The van der Waals surface area contributed by atoms with Crippen molar-refractivity contribution in [2.24, 2.45) is 0 Å². The van der Waals surface area contributed by atoms with Crippen LogP contribution in [0.1, 0.15) is 59.5 Å². The number of benzene rings is 2. The molecule has 33 heavy (non-hydrogen) atoms. The van der Waals surface area contributed by atoms with Gasteiger partial charge >= 0.3 is 6.18 Å². The van der Waals surface area contributed by atoms with E-state index in [9.17, 15) is 22.8 Å². The Morgan fingerprint density at radius 1 is 1.03 bits per heavy atom. The molecule has 1 aliphatic rings. The van der Waals surface area contributed by atoms with Crippen LogP contribution in [-0.4, -0.2) is 47.9 Å². The number of halogens is 4. The second kappa shape index (κ2) is 11.5. The van der Waals surface area contributed by atoms with Crippen molar-refractivity contribution < 1.29 is 27.5 Å². The van der Waals surface area contributed by atoms with E-state index >= 15 is 0 Å². The highest BCUT2D eigenvalue weighted by Gasteiger charge is 2.39. The lowest BCUT2D eigenvalue weighted by Gasteiger charge is -2.18. The maximum absolute atomic E-state index is 13.1. The first-order valence-corrected chi connectivity index (χ1v) is 11.2. The normalized spacial score (nSPS) is 13.2. The maximum atomic E-state index is 13.1. The van der Waals surface area contributed by atoms with Gasteiger partial charge in [-0.2, -0.15) is 13.2 Å². The first kappa shape index (κ1) is 26.7. The van der Waals surface area contributed by atoms with Crippen LogP contribution < -0.4 is 4.74 Å². The van der Waals surface area contributed by atoms with E-state index in [1.807, 2.05) is 27.7 Å². The summed E-state index contributed by atoms with van der Waals surface area (Å²) in [6.45, 7) is 10.5. The highest BCUT2D eigenvalue weighted by atomic mass is 35.5. The van der Waals surface area contributed by atoms with Crippen molar-refractivity contribution in [3.8, 4) is 5.75 Å². The predicted octanol–water partition coefficient (Wildman–Crippen LogP) is 5.90. The second-order valence-corrected chi connectivity index (χ2v) is 7.47. The van der Waals surface area contributed by atoms with E-state index in [1.54, 1.807) is 12.1 Å². The van der Waals surface area contributed by atoms with E-state index in [4.69, 9.17) is 16.3 Å². The third-order valence-corrected chi connectivity index (χ3v) is 5.53. The summed E-state index contributed by atoms with van der Waals surface area (Å²) in [5, 5.41) is -0.442. The van der Waals surface area contributed by atoms with Crippen molar-refractivity contribution in [2.45, 2.75) is 40.4 Å². The van der Waals surface area contributed by atoms with Crippen LogP contribution in [0.5, 0.6) is 5.75 Å². The van der Waals surface area contributed by atoms with Crippen molar-refractivity contribution in [1.82, 2.24) is 9.80 Å². The molecule has 9 heteroatoms. The van der Waals surface area contributed by atoms with Gasteiger partial charge in [0.25, 0.3) is 11.8 Å². The van der Waals surface area contributed by atoms with Crippen LogP contribution in [0.4, 0.5) is 13.2 Å². The van der Waals surface area contributed by atoms with Gasteiger partial charge < -0.3 is 9.64 Å². The van der Waals surface area contributed by atoms with Crippen molar-refractivity contribution >= 4 is 23.4 Å². The highest BCUT2D eigenvalue weighted by Crippen LogP contribution is 2.36. The monoisotopic (exact) mass is 484 g/mol. The summed E-state index contributed by atoms with van der Waals surface area (Å²) >= 11 is 5.65. The minimum atomic E-state index is -4.64.